The zero-order chi connectivity index (χ0) is 26.1. The van der Waals surface area contributed by atoms with Gasteiger partial charge in [-0.2, -0.15) is 0 Å². The van der Waals surface area contributed by atoms with Gasteiger partial charge in [0.15, 0.2) is 0 Å². The number of anilines is 1. The summed E-state index contributed by atoms with van der Waals surface area (Å²) < 4.78 is 15.9. The molecule has 1 aliphatic heterocycles. The normalized spacial score (nSPS) is 14.2. The van der Waals surface area contributed by atoms with Crippen LogP contribution in [0.15, 0.2) is 36.5 Å². The van der Waals surface area contributed by atoms with Crippen molar-refractivity contribution in [2.24, 2.45) is 0 Å². The van der Waals surface area contributed by atoms with Crippen molar-refractivity contribution in [1.82, 2.24) is 20.1 Å². The second kappa shape index (κ2) is 12.4. The van der Waals surface area contributed by atoms with Crippen molar-refractivity contribution in [3.8, 4) is 11.5 Å². The Morgan fingerprint density at radius 2 is 1.78 bits per heavy atom. The van der Waals surface area contributed by atoms with E-state index in [2.05, 4.69) is 20.5 Å². The molecule has 36 heavy (non-hydrogen) atoms. The summed E-state index contributed by atoms with van der Waals surface area (Å²) in [6, 6.07) is 9.19. The van der Waals surface area contributed by atoms with E-state index < -0.39 is 11.7 Å². The van der Waals surface area contributed by atoms with Gasteiger partial charge in [-0.15, -0.1) is 0 Å². The third-order valence-electron chi connectivity index (χ3n) is 5.67. The first-order valence-electron chi connectivity index (χ1n) is 12.1. The van der Waals surface area contributed by atoms with E-state index in [1.807, 2.05) is 37.8 Å². The van der Waals surface area contributed by atoms with E-state index in [1.54, 1.807) is 38.6 Å². The molecule has 0 atom stereocenters. The van der Waals surface area contributed by atoms with Crippen LogP contribution in [-0.4, -0.2) is 85.9 Å². The smallest absolute Gasteiger partial charge is 0.407 e. The molecule has 10 heteroatoms. The van der Waals surface area contributed by atoms with Gasteiger partial charge in [0.1, 0.15) is 22.9 Å². The third-order valence-corrected chi connectivity index (χ3v) is 5.67. The van der Waals surface area contributed by atoms with E-state index in [-0.39, 0.29) is 5.91 Å². The Morgan fingerprint density at radius 3 is 2.44 bits per heavy atom. The summed E-state index contributed by atoms with van der Waals surface area (Å²) in [6.07, 6.45) is 1.30. The molecule has 0 bridgehead atoms. The maximum absolute atomic E-state index is 13.1. The molecule has 0 saturated carbocycles. The van der Waals surface area contributed by atoms with Gasteiger partial charge in [0.05, 0.1) is 19.8 Å². The summed E-state index contributed by atoms with van der Waals surface area (Å²) in [5.41, 5.74) is 1.07. The number of nitrogens with one attached hydrogen (secondary N) is 2. The van der Waals surface area contributed by atoms with Crippen LogP contribution in [0.3, 0.4) is 0 Å². The lowest BCUT2D eigenvalue weighted by Gasteiger charge is -2.35. The lowest BCUT2D eigenvalue weighted by Crippen LogP contribution is -2.48. The second-order valence-electron chi connectivity index (χ2n) is 9.50. The van der Waals surface area contributed by atoms with E-state index in [0.717, 1.165) is 24.5 Å². The average Bonchev–Trinajstić information content (AvgIpc) is 2.86. The van der Waals surface area contributed by atoms with E-state index in [4.69, 9.17) is 14.2 Å². The Morgan fingerprint density at radius 1 is 1.03 bits per heavy atom. The van der Waals surface area contributed by atoms with Gasteiger partial charge in [0.2, 0.25) is 0 Å². The Labute approximate surface area is 212 Å². The van der Waals surface area contributed by atoms with Gasteiger partial charge in [0.25, 0.3) is 5.91 Å². The van der Waals surface area contributed by atoms with E-state index in [1.165, 1.54) is 0 Å². The molecule has 2 aromatic rings. The van der Waals surface area contributed by atoms with Crippen LogP contribution in [0.1, 0.15) is 36.7 Å². The van der Waals surface area contributed by atoms with E-state index >= 15 is 0 Å². The Balaban J connectivity index is 1.50. The second-order valence-corrected chi connectivity index (χ2v) is 9.50. The lowest BCUT2D eigenvalue weighted by atomic mass is 10.1. The predicted molar refractivity (Wildman–Crippen MR) is 138 cm³/mol. The molecule has 1 aliphatic rings. The largest absolute Gasteiger partial charge is 0.497 e. The zero-order valence-corrected chi connectivity index (χ0v) is 21.8. The summed E-state index contributed by atoms with van der Waals surface area (Å²) in [4.78, 5) is 33.5. The average molecular weight is 500 g/mol. The number of rotatable bonds is 9. The number of pyridine rings is 1. The number of piperazine rings is 1. The summed E-state index contributed by atoms with van der Waals surface area (Å²) in [5, 5.41) is 6.03. The van der Waals surface area contributed by atoms with E-state index in [0.29, 0.717) is 49.8 Å². The van der Waals surface area contributed by atoms with Crippen LogP contribution in [0.4, 0.5) is 10.6 Å². The summed E-state index contributed by atoms with van der Waals surface area (Å²) in [5.74, 6) is 1.89. The molecule has 2 amide bonds. The molecular formula is C26H37N5O5. The maximum Gasteiger partial charge on any atom is 0.407 e. The van der Waals surface area contributed by atoms with Crippen molar-refractivity contribution in [2.45, 2.75) is 32.9 Å². The number of hydrogen-bond acceptors (Lipinski definition) is 8. The van der Waals surface area contributed by atoms with Gasteiger partial charge < -0.3 is 29.7 Å². The highest BCUT2D eigenvalue weighted by molar-refractivity contribution is 5.97. The number of nitrogens with zero attached hydrogens (tertiary/aromatic N) is 3. The monoisotopic (exact) mass is 499 g/mol. The molecule has 0 aliphatic carbocycles. The molecule has 10 nitrogen and oxygen atoms in total. The highest BCUT2D eigenvalue weighted by atomic mass is 16.6. The molecule has 1 saturated heterocycles. The standard InChI is InChI=1S/C26H37N5O5/c1-26(2,3)36-25(33)29-12-11-28-23-19(7-6-10-27-23)18-30-13-15-31(16-14-30)24(32)21-9-8-20(34-4)17-22(21)35-5/h6-10,17H,11-16,18H2,1-5H3,(H,27,28)(H,29,33). The first kappa shape index (κ1) is 27.1. The number of methoxy groups -OCH3 is 2. The quantitative estimate of drug-likeness (QED) is 0.508. The summed E-state index contributed by atoms with van der Waals surface area (Å²) >= 11 is 0. The van der Waals surface area contributed by atoms with Gasteiger partial charge in [-0.3, -0.25) is 9.69 Å². The Kier molecular flexibility index (Phi) is 9.35. The molecule has 1 aromatic heterocycles. The molecular weight excluding hydrogens is 462 g/mol. The number of carbonyl (C=O) groups is 2. The van der Waals surface area contributed by atoms with Crippen molar-refractivity contribution in [1.29, 1.82) is 0 Å². The van der Waals surface area contributed by atoms with Crippen LogP contribution in [-0.2, 0) is 11.3 Å². The molecule has 0 radical (unpaired) electrons. The minimum Gasteiger partial charge on any atom is -0.497 e. The summed E-state index contributed by atoms with van der Waals surface area (Å²) in [7, 11) is 3.14. The SMILES string of the molecule is COc1ccc(C(=O)N2CCN(Cc3cccnc3NCCNC(=O)OC(C)(C)C)CC2)c(OC)c1. The number of carbonyl (C=O) groups excluding carboxylic acids is 2. The van der Waals surface area contributed by atoms with Crippen LogP contribution >= 0.6 is 0 Å². The van der Waals surface area contributed by atoms with Crippen LogP contribution in [0.2, 0.25) is 0 Å². The number of amides is 2. The minimum absolute atomic E-state index is 0.0460. The zero-order valence-electron chi connectivity index (χ0n) is 21.8. The molecule has 1 aromatic carbocycles. The van der Waals surface area contributed by atoms with Crippen molar-refractivity contribution in [3.05, 3.63) is 47.7 Å². The number of aromatic nitrogens is 1. The van der Waals surface area contributed by atoms with Crippen LogP contribution < -0.4 is 20.1 Å². The molecule has 0 unspecified atom stereocenters. The maximum atomic E-state index is 13.1. The fraction of sp³-hybridized carbons (Fsp3) is 0.500. The molecule has 1 fully saturated rings. The predicted octanol–water partition coefficient (Wildman–Crippen LogP) is 2.99. The van der Waals surface area contributed by atoms with Gasteiger partial charge in [-0.25, -0.2) is 9.78 Å². The highest BCUT2D eigenvalue weighted by Gasteiger charge is 2.25. The van der Waals surface area contributed by atoms with E-state index in [9.17, 15) is 9.59 Å². The Hall–Kier alpha value is -3.53. The molecule has 0 spiro atoms. The first-order valence-corrected chi connectivity index (χ1v) is 12.1. The van der Waals surface area contributed by atoms with Crippen molar-refractivity contribution in [3.63, 3.8) is 0 Å². The van der Waals surface area contributed by atoms with Crippen molar-refractivity contribution < 1.29 is 23.8 Å². The van der Waals surface area contributed by atoms with Crippen LogP contribution in [0.5, 0.6) is 11.5 Å². The van der Waals surface area contributed by atoms with Gasteiger partial charge in [-0.05, 0) is 39.0 Å². The lowest BCUT2D eigenvalue weighted by molar-refractivity contribution is 0.0529. The number of hydrogen-bond donors (Lipinski definition) is 2. The van der Waals surface area contributed by atoms with Crippen LogP contribution in [0, 0.1) is 0 Å². The molecule has 2 N–H and O–H groups in total. The Bertz CT molecular complexity index is 1030. The molecule has 3 rings (SSSR count). The number of alkyl carbamates (subject to hydrolysis) is 1. The first-order chi connectivity index (χ1) is 17.2. The number of ether oxygens (including phenoxy) is 3. The molecule has 196 valence electrons. The van der Waals surface area contributed by atoms with Gasteiger partial charge in [-0.1, -0.05) is 6.07 Å². The van der Waals surface area contributed by atoms with Gasteiger partial charge in [0, 0.05) is 63.6 Å². The minimum atomic E-state index is -0.527. The molecule has 2 heterocycles. The highest BCUT2D eigenvalue weighted by Crippen LogP contribution is 2.26. The van der Waals surface area contributed by atoms with Crippen molar-refractivity contribution in [2.75, 3.05) is 58.8 Å². The third kappa shape index (κ3) is 7.74. The van der Waals surface area contributed by atoms with Crippen molar-refractivity contribution >= 4 is 17.8 Å². The summed E-state index contributed by atoms with van der Waals surface area (Å²) in [6.45, 7) is 9.88. The fourth-order valence-corrected chi connectivity index (χ4v) is 3.88. The van der Waals surface area contributed by atoms with Crippen LogP contribution in [0.25, 0.3) is 0 Å². The topological polar surface area (TPSA) is 105 Å². The van der Waals surface area contributed by atoms with Gasteiger partial charge >= 0.3 is 6.09 Å². The number of benzene rings is 1. The fourth-order valence-electron chi connectivity index (χ4n) is 3.88.